The molecule has 0 saturated heterocycles. The second-order valence-electron chi connectivity index (χ2n) is 3.87. The number of hydrogen-bond donors (Lipinski definition) is 1. The summed E-state index contributed by atoms with van der Waals surface area (Å²) in [5, 5.41) is 0. The largest absolute Gasteiger partial charge is 0.497 e. The van der Waals surface area contributed by atoms with Crippen molar-refractivity contribution in [2.24, 2.45) is 0 Å². The number of sulfone groups is 1. The van der Waals surface area contributed by atoms with Gasteiger partial charge in [0.15, 0.2) is 9.84 Å². The zero-order valence-corrected chi connectivity index (χ0v) is 13.3. The second-order valence-corrected chi connectivity index (χ2v) is 8.37. The first-order valence-corrected chi connectivity index (χ1v) is 8.59. The lowest BCUT2D eigenvalue weighted by Gasteiger charge is -2.08. The Morgan fingerprint density at radius 3 is 2.63 bits per heavy atom. The van der Waals surface area contributed by atoms with E-state index in [-0.39, 0.29) is 16.3 Å². The zero-order chi connectivity index (χ0) is 14.0. The van der Waals surface area contributed by atoms with E-state index in [9.17, 15) is 8.42 Å². The van der Waals surface area contributed by atoms with Crippen LogP contribution in [0.15, 0.2) is 39.0 Å². The molecule has 0 saturated carbocycles. The molecule has 0 aliphatic carbocycles. The molecule has 2 aromatic rings. The molecule has 1 heterocycles. The highest BCUT2D eigenvalue weighted by atomic mass is 79.9. The summed E-state index contributed by atoms with van der Waals surface area (Å²) in [7, 11) is -1.99. The fourth-order valence-corrected chi connectivity index (χ4v) is 4.93. The molecule has 7 heteroatoms. The molecule has 0 spiro atoms. The lowest BCUT2D eigenvalue weighted by Crippen LogP contribution is -2.07. The third-order valence-corrected chi connectivity index (χ3v) is 6.04. The van der Waals surface area contributed by atoms with Gasteiger partial charge in [0.2, 0.25) is 0 Å². The van der Waals surface area contributed by atoms with Gasteiger partial charge in [-0.15, -0.1) is 11.3 Å². The van der Waals surface area contributed by atoms with E-state index in [4.69, 9.17) is 10.5 Å². The molecular weight excluding hydrogens is 350 g/mol. The van der Waals surface area contributed by atoms with Crippen LogP contribution < -0.4 is 10.5 Å². The number of thiophene rings is 1. The Hall–Kier alpha value is -1.05. The molecule has 0 aliphatic heterocycles. The van der Waals surface area contributed by atoms with E-state index >= 15 is 0 Å². The highest BCUT2D eigenvalue weighted by molar-refractivity contribution is 9.11. The third-order valence-electron chi connectivity index (χ3n) is 2.52. The SMILES string of the molecule is COc1ccc(N)c(S(=O)(=O)Cc2ccc(Br)s2)c1. The Morgan fingerprint density at radius 1 is 1.32 bits per heavy atom. The quantitative estimate of drug-likeness (QED) is 0.849. The maximum absolute atomic E-state index is 12.4. The van der Waals surface area contributed by atoms with E-state index in [0.717, 1.165) is 8.66 Å². The van der Waals surface area contributed by atoms with Crippen LogP contribution in [0, 0.1) is 0 Å². The van der Waals surface area contributed by atoms with Gasteiger partial charge in [0.05, 0.1) is 27.2 Å². The number of methoxy groups -OCH3 is 1. The van der Waals surface area contributed by atoms with Crippen molar-refractivity contribution < 1.29 is 13.2 Å². The van der Waals surface area contributed by atoms with Gasteiger partial charge >= 0.3 is 0 Å². The van der Waals surface area contributed by atoms with Gasteiger partial charge < -0.3 is 10.5 Å². The molecule has 2 rings (SSSR count). The highest BCUT2D eigenvalue weighted by Gasteiger charge is 2.20. The summed E-state index contributed by atoms with van der Waals surface area (Å²) in [6.45, 7) is 0. The van der Waals surface area contributed by atoms with Crippen molar-refractivity contribution >= 4 is 42.8 Å². The summed E-state index contributed by atoms with van der Waals surface area (Å²) in [6, 6.07) is 8.23. The number of nitrogen functional groups attached to an aromatic ring is 1. The minimum atomic E-state index is -3.48. The Kier molecular flexibility index (Phi) is 4.17. The van der Waals surface area contributed by atoms with Gasteiger partial charge in [-0.1, -0.05) is 0 Å². The predicted molar refractivity (Wildman–Crippen MR) is 80.3 cm³/mol. The molecule has 2 N–H and O–H groups in total. The van der Waals surface area contributed by atoms with E-state index < -0.39 is 9.84 Å². The first kappa shape index (κ1) is 14.4. The summed E-state index contributed by atoms with van der Waals surface area (Å²) in [4.78, 5) is 0.866. The summed E-state index contributed by atoms with van der Waals surface area (Å²) in [6.07, 6.45) is 0. The Bertz CT molecular complexity index is 695. The molecule has 19 heavy (non-hydrogen) atoms. The first-order chi connectivity index (χ1) is 8.92. The van der Waals surface area contributed by atoms with E-state index in [1.54, 1.807) is 12.1 Å². The van der Waals surface area contributed by atoms with E-state index in [0.29, 0.717) is 5.75 Å². The van der Waals surface area contributed by atoms with Crippen LogP contribution in [0.5, 0.6) is 5.75 Å². The maximum Gasteiger partial charge on any atom is 0.185 e. The average Bonchev–Trinajstić information content (AvgIpc) is 2.74. The van der Waals surface area contributed by atoms with E-state index in [2.05, 4.69) is 15.9 Å². The van der Waals surface area contributed by atoms with Crippen LogP contribution in [0.4, 0.5) is 5.69 Å². The molecule has 0 amide bonds. The molecule has 0 fully saturated rings. The molecule has 0 unspecified atom stereocenters. The number of hydrogen-bond acceptors (Lipinski definition) is 5. The Balaban J connectivity index is 2.39. The number of benzene rings is 1. The van der Waals surface area contributed by atoms with Gasteiger partial charge in [-0.25, -0.2) is 8.42 Å². The molecule has 1 aromatic carbocycles. The van der Waals surface area contributed by atoms with Crippen LogP contribution in [-0.4, -0.2) is 15.5 Å². The molecular formula is C12H12BrNO3S2. The van der Waals surface area contributed by atoms with Crippen LogP contribution in [0.2, 0.25) is 0 Å². The summed E-state index contributed by atoms with van der Waals surface area (Å²) in [5.74, 6) is 0.404. The molecule has 0 aliphatic rings. The van der Waals surface area contributed by atoms with Crippen molar-refractivity contribution in [3.8, 4) is 5.75 Å². The molecule has 0 radical (unpaired) electrons. The maximum atomic E-state index is 12.4. The summed E-state index contributed by atoms with van der Waals surface area (Å²) < 4.78 is 30.6. The monoisotopic (exact) mass is 361 g/mol. The van der Waals surface area contributed by atoms with Crippen molar-refractivity contribution in [2.45, 2.75) is 10.6 Å². The fraction of sp³-hybridized carbons (Fsp3) is 0.167. The summed E-state index contributed by atoms with van der Waals surface area (Å²) >= 11 is 4.70. The van der Waals surface area contributed by atoms with Gasteiger partial charge in [-0.05, 0) is 40.2 Å². The Morgan fingerprint density at radius 2 is 2.05 bits per heavy atom. The topological polar surface area (TPSA) is 69.4 Å². The van der Waals surface area contributed by atoms with Crippen molar-refractivity contribution in [2.75, 3.05) is 12.8 Å². The zero-order valence-electron chi connectivity index (χ0n) is 10.1. The van der Waals surface area contributed by atoms with Crippen LogP contribution in [0.1, 0.15) is 4.88 Å². The molecule has 0 atom stereocenters. The molecule has 4 nitrogen and oxygen atoms in total. The van der Waals surface area contributed by atoms with Crippen LogP contribution in [0.3, 0.4) is 0 Å². The first-order valence-electron chi connectivity index (χ1n) is 5.33. The average molecular weight is 362 g/mol. The number of nitrogens with two attached hydrogens (primary N) is 1. The number of rotatable bonds is 4. The van der Waals surface area contributed by atoms with Gasteiger partial charge in [0.1, 0.15) is 5.75 Å². The second kappa shape index (κ2) is 5.52. The highest BCUT2D eigenvalue weighted by Crippen LogP contribution is 2.30. The number of anilines is 1. The summed E-state index contributed by atoms with van der Waals surface area (Å²) in [5.41, 5.74) is 5.98. The third kappa shape index (κ3) is 3.29. The van der Waals surface area contributed by atoms with Crippen molar-refractivity contribution in [1.82, 2.24) is 0 Å². The normalized spacial score (nSPS) is 11.5. The van der Waals surface area contributed by atoms with Crippen molar-refractivity contribution in [1.29, 1.82) is 0 Å². The fourth-order valence-electron chi connectivity index (χ4n) is 1.61. The van der Waals surface area contributed by atoms with Gasteiger partial charge in [0.25, 0.3) is 0 Å². The van der Waals surface area contributed by atoms with Crippen LogP contribution in [-0.2, 0) is 15.6 Å². The van der Waals surface area contributed by atoms with Crippen molar-refractivity contribution in [3.63, 3.8) is 0 Å². The molecule has 0 bridgehead atoms. The predicted octanol–water partition coefficient (Wildman–Crippen LogP) is 3.08. The molecule has 102 valence electrons. The van der Waals surface area contributed by atoms with Gasteiger partial charge in [-0.3, -0.25) is 0 Å². The van der Waals surface area contributed by atoms with Gasteiger partial charge in [-0.2, -0.15) is 0 Å². The smallest absolute Gasteiger partial charge is 0.185 e. The van der Waals surface area contributed by atoms with Crippen LogP contribution >= 0.6 is 27.3 Å². The van der Waals surface area contributed by atoms with Crippen molar-refractivity contribution in [3.05, 3.63) is 39.0 Å². The lowest BCUT2D eigenvalue weighted by atomic mass is 10.3. The molecule has 1 aromatic heterocycles. The number of ether oxygens (including phenoxy) is 1. The Labute approximate surface area is 124 Å². The minimum absolute atomic E-state index is 0.0688. The van der Waals surface area contributed by atoms with Crippen LogP contribution in [0.25, 0.3) is 0 Å². The van der Waals surface area contributed by atoms with E-state index in [1.165, 1.54) is 30.6 Å². The van der Waals surface area contributed by atoms with Gasteiger partial charge in [0, 0.05) is 10.9 Å². The number of halogens is 1. The lowest BCUT2D eigenvalue weighted by molar-refractivity contribution is 0.413. The standard InChI is InChI=1S/C12H12BrNO3S2/c1-17-8-2-4-10(14)11(6-8)19(15,16)7-9-3-5-12(13)18-9/h2-6H,7,14H2,1H3. The minimum Gasteiger partial charge on any atom is -0.497 e. The van der Waals surface area contributed by atoms with E-state index in [1.807, 2.05) is 6.07 Å².